The molecule has 0 bridgehead atoms. The molecule has 2 unspecified atom stereocenters. The summed E-state index contributed by atoms with van der Waals surface area (Å²) in [7, 11) is 0. The monoisotopic (exact) mass is 250 g/mol. The number of aryl methyl sites for hydroxylation is 1. The fourth-order valence-electron chi connectivity index (χ4n) is 2.51. The zero-order valence-corrected chi connectivity index (χ0v) is 11.0. The van der Waals surface area contributed by atoms with Gasteiger partial charge in [-0.1, -0.05) is 0 Å². The summed E-state index contributed by atoms with van der Waals surface area (Å²) >= 11 is 0. The molecule has 1 aromatic heterocycles. The average molecular weight is 250 g/mol. The first-order valence-corrected chi connectivity index (χ1v) is 6.72. The number of hydrogen-bond donors (Lipinski definition) is 1. The van der Waals surface area contributed by atoms with Crippen LogP contribution in [0, 0.1) is 5.92 Å². The summed E-state index contributed by atoms with van der Waals surface area (Å²) in [4.78, 5) is 14.1. The van der Waals surface area contributed by atoms with Gasteiger partial charge in [-0.3, -0.25) is 4.79 Å². The minimum Gasteiger partial charge on any atom is -0.469 e. The van der Waals surface area contributed by atoms with Gasteiger partial charge in [0.15, 0.2) is 0 Å². The van der Waals surface area contributed by atoms with Crippen molar-refractivity contribution >= 4 is 5.91 Å². The Morgan fingerprint density at radius 3 is 3.17 bits per heavy atom. The summed E-state index contributed by atoms with van der Waals surface area (Å²) in [6.07, 6.45) is 5.07. The summed E-state index contributed by atoms with van der Waals surface area (Å²) < 4.78 is 5.24. The molecule has 1 aliphatic heterocycles. The van der Waals surface area contributed by atoms with E-state index in [1.54, 1.807) is 6.26 Å². The van der Waals surface area contributed by atoms with Gasteiger partial charge in [0.05, 0.1) is 6.26 Å². The molecule has 2 heterocycles. The number of rotatable bonds is 4. The predicted molar refractivity (Wildman–Crippen MR) is 70.0 cm³/mol. The molecule has 1 amide bonds. The molecule has 0 saturated carbocycles. The molecule has 1 fully saturated rings. The van der Waals surface area contributed by atoms with E-state index in [2.05, 4.69) is 0 Å². The van der Waals surface area contributed by atoms with Crippen molar-refractivity contribution < 1.29 is 9.21 Å². The second-order valence-corrected chi connectivity index (χ2v) is 5.18. The molecule has 0 radical (unpaired) electrons. The molecule has 2 rings (SSSR count). The smallest absolute Gasteiger partial charge is 0.223 e. The minimum absolute atomic E-state index is 0.172. The van der Waals surface area contributed by atoms with Crippen LogP contribution in [0.25, 0.3) is 0 Å². The maximum Gasteiger partial charge on any atom is 0.223 e. The van der Waals surface area contributed by atoms with Crippen LogP contribution in [0.15, 0.2) is 22.8 Å². The largest absolute Gasteiger partial charge is 0.469 e. The van der Waals surface area contributed by atoms with Crippen LogP contribution in [0.2, 0.25) is 0 Å². The van der Waals surface area contributed by atoms with Crippen LogP contribution in [0.4, 0.5) is 0 Å². The maximum absolute atomic E-state index is 12.1. The highest BCUT2D eigenvalue weighted by Gasteiger charge is 2.25. The van der Waals surface area contributed by atoms with Crippen LogP contribution >= 0.6 is 0 Å². The van der Waals surface area contributed by atoms with E-state index in [0.717, 1.165) is 31.7 Å². The Hall–Kier alpha value is -1.29. The molecule has 100 valence electrons. The van der Waals surface area contributed by atoms with Crippen LogP contribution in [-0.2, 0) is 11.2 Å². The van der Waals surface area contributed by atoms with Crippen LogP contribution in [0.5, 0.6) is 0 Å². The van der Waals surface area contributed by atoms with Crippen molar-refractivity contribution in [3.63, 3.8) is 0 Å². The zero-order chi connectivity index (χ0) is 13.0. The Labute approximate surface area is 108 Å². The minimum atomic E-state index is 0.172. The number of piperidine rings is 1. The van der Waals surface area contributed by atoms with Crippen molar-refractivity contribution in [2.45, 2.75) is 38.6 Å². The molecule has 18 heavy (non-hydrogen) atoms. The fraction of sp³-hybridized carbons (Fsp3) is 0.643. The molecule has 1 aliphatic rings. The van der Waals surface area contributed by atoms with E-state index in [1.807, 2.05) is 24.0 Å². The molecule has 2 N–H and O–H groups in total. The second-order valence-electron chi connectivity index (χ2n) is 5.18. The Morgan fingerprint density at radius 1 is 1.67 bits per heavy atom. The predicted octanol–water partition coefficient (Wildman–Crippen LogP) is 1.80. The SMILES string of the molecule is CC(N)C1CCCN(C(=O)CCc2ccco2)C1. The Bertz CT molecular complexity index is 373. The molecule has 1 saturated heterocycles. The number of amides is 1. The third-order valence-corrected chi connectivity index (χ3v) is 3.72. The zero-order valence-electron chi connectivity index (χ0n) is 11.0. The summed E-state index contributed by atoms with van der Waals surface area (Å²) in [5.74, 6) is 1.55. The lowest BCUT2D eigenvalue weighted by atomic mass is 9.92. The highest BCUT2D eigenvalue weighted by atomic mass is 16.3. The molecular formula is C14H22N2O2. The lowest BCUT2D eigenvalue weighted by Gasteiger charge is -2.34. The fourth-order valence-corrected chi connectivity index (χ4v) is 2.51. The number of likely N-dealkylation sites (tertiary alicyclic amines) is 1. The van der Waals surface area contributed by atoms with Crippen molar-refractivity contribution in [1.29, 1.82) is 0 Å². The van der Waals surface area contributed by atoms with Crippen LogP contribution in [0.3, 0.4) is 0 Å². The average Bonchev–Trinajstić information content (AvgIpc) is 2.89. The topological polar surface area (TPSA) is 59.5 Å². The van der Waals surface area contributed by atoms with E-state index >= 15 is 0 Å². The lowest BCUT2D eigenvalue weighted by Crippen LogP contribution is -2.45. The summed E-state index contributed by atoms with van der Waals surface area (Å²) in [5.41, 5.74) is 5.93. The van der Waals surface area contributed by atoms with Gasteiger partial charge < -0.3 is 15.1 Å². The molecule has 0 aliphatic carbocycles. The number of carbonyl (C=O) groups excluding carboxylic acids is 1. The Balaban J connectivity index is 1.81. The van der Waals surface area contributed by atoms with E-state index in [9.17, 15) is 4.79 Å². The lowest BCUT2D eigenvalue weighted by molar-refractivity contribution is -0.133. The first-order valence-electron chi connectivity index (χ1n) is 6.72. The van der Waals surface area contributed by atoms with Crippen LogP contribution in [-0.4, -0.2) is 29.9 Å². The van der Waals surface area contributed by atoms with Gasteiger partial charge in [-0.05, 0) is 37.8 Å². The van der Waals surface area contributed by atoms with E-state index in [-0.39, 0.29) is 11.9 Å². The summed E-state index contributed by atoms with van der Waals surface area (Å²) in [6, 6.07) is 3.94. The van der Waals surface area contributed by atoms with Crippen LogP contribution < -0.4 is 5.73 Å². The van der Waals surface area contributed by atoms with Crippen molar-refractivity contribution in [2.75, 3.05) is 13.1 Å². The van der Waals surface area contributed by atoms with Gasteiger partial charge in [0.25, 0.3) is 0 Å². The van der Waals surface area contributed by atoms with Crippen molar-refractivity contribution in [1.82, 2.24) is 4.90 Å². The van der Waals surface area contributed by atoms with E-state index in [0.29, 0.717) is 18.8 Å². The van der Waals surface area contributed by atoms with Gasteiger partial charge in [-0.15, -0.1) is 0 Å². The van der Waals surface area contributed by atoms with E-state index < -0.39 is 0 Å². The number of nitrogens with zero attached hydrogens (tertiary/aromatic N) is 1. The Kier molecular flexibility index (Phi) is 4.42. The first-order chi connectivity index (χ1) is 8.66. The molecule has 2 atom stereocenters. The third-order valence-electron chi connectivity index (χ3n) is 3.72. The number of nitrogens with two attached hydrogens (primary N) is 1. The highest BCUT2D eigenvalue weighted by molar-refractivity contribution is 5.76. The quantitative estimate of drug-likeness (QED) is 0.886. The maximum atomic E-state index is 12.1. The molecular weight excluding hydrogens is 228 g/mol. The van der Waals surface area contributed by atoms with Crippen molar-refractivity contribution in [3.05, 3.63) is 24.2 Å². The van der Waals surface area contributed by atoms with Crippen molar-refractivity contribution in [2.24, 2.45) is 11.7 Å². The van der Waals surface area contributed by atoms with Crippen LogP contribution in [0.1, 0.15) is 31.9 Å². The molecule has 0 aromatic carbocycles. The third kappa shape index (κ3) is 3.35. The van der Waals surface area contributed by atoms with Gasteiger partial charge in [-0.2, -0.15) is 0 Å². The van der Waals surface area contributed by atoms with Gasteiger partial charge >= 0.3 is 0 Å². The highest BCUT2D eigenvalue weighted by Crippen LogP contribution is 2.19. The summed E-state index contributed by atoms with van der Waals surface area (Å²) in [6.45, 7) is 3.72. The standard InChI is InChI=1S/C14H22N2O2/c1-11(15)12-4-2-8-16(10-12)14(17)7-6-13-5-3-9-18-13/h3,5,9,11-12H,2,4,6-8,10,15H2,1H3. The molecule has 0 spiro atoms. The molecule has 4 nitrogen and oxygen atoms in total. The number of carbonyl (C=O) groups is 1. The van der Waals surface area contributed by atoms with E-state index in [1.165, 1.54) is 0 Å². The number of furan rings is 1. The normalized spacial score (nSPS) is 21.9. The van der Waals surface area contributed by atoms with Gasteiger partial charge in [0.2, 0.25) is 5.91 Å². The van der Waals surface area contributed by atoms with Crippen molar-refractivity contribution in [3.8, 4) is 0 Å². The second kappa shape index (κ2) is 6.05. The Morgan fingerprint density at radius 2 is 2.50 bits per heavy atom. The molecule has 1 aromatic rings. The van der Waals surface area contributed by atoms with Gasteiger partial charge in [0, 0.05) is 32.0 Å². The van der Waals surface area contributed by atoms with Gasteiger partial charge in [-0.25, -0.2) is 0 Å². The molecule has 4 heteroatoms. The van der Waals surface area contributed by atoms with Gasteiger partial charge in [0.1, 0.15) is 5.76 Å². The summed E-state index contributed by atoms with van der Waals surface area (Å²) in [5, 5.41) is 0. The first kappa shape index (κ1) is 13.1. The van der Waals surface area contributed by atoms with E-state index in [4.69, 9.17) is 10.2 Å². The number of hydrogen-bond acceptors (Lipinski definition) is 3.